The molecule has 0 unspecified atom stereocenters. The molecule has 2 aliphatic heterocycles. The maximum atomic E-state index is 10.8. The van der Waals surface area contributed by atoms with Crippen molar-refractivity contribution in [3.05, 3.63) is 0 Å². The summed E-state index contributed by atoms with van der Waals surface area (Å²) in [7, 11) is 0. The molecule has 0 saturated carbocycles. The van der Waals surface area contributed by atoms with Gasteiger partial charge in [-0.1, -0.05) is 0 Å². The van der Waals surface area contributed by atoms with E-state index >= 15 is 0 Å². The topological polar surface area (TPSA) is 64.6 Å². The Balaban J connectivity index is 1.79. The molecule has 2 fully saturated rings. The summed E-state index contributed by atoms with van der Waals surface area (Å²) >= 11 is 0. The molecular formula is C10H19N3O2. The van der Waals surface area contributed by atoms with Gasteiger partial charge in [-0.25, -0.2) is 0 Å². The summed E-state index contributed by atoms with van der Waals surface area (Å²) in [5, 5.41) is 15.7. The van der Waals surface area contributed by atoms with Crippen molar-refractivity contribution in [2.45, 2.75) is 25.6 Å². The van der Waals surface area contributed by atoms with Crippen molar-refractivity contribution in [1.29, 1.82) is 0 Å². The SMILES string of the molecule is O=C(O)C1CCN(C2NCCCN2)CC1. The number of nitrogens with one attached hydrogen (secondary N) is 2. The van der Waals surface area contributed by atoms with Crippen LogP contribution in [-0.4, -0.2) is 48.4 Å². The van der Waals surface area contributed by atoms with Crippen molar-refractivity contribution in [1.82, 2.24) is 15.5 Å². The lowest BCUT2D eigenvalue weighted by molar-refractivity contribution is -0.143. The van der Waals surface area contributed by atoms with Crippen LogP contribution in [0.15, 0.2) is 0 Å². The number of carbonyl (C=O) groups is 1. The molecule has 2 rings (SSSR count). The number of likely N-dealkylation sites (tertiary alicyclic amines) is 1. The van der Waals surface area contributed by atoms with E-state index in [4.69, 9.17) is 5.11 Å². The molecule has 15 heavy (non-hydrogen) atoms. The Bertz CT molecular complexity index is 221. The fraction of sp³-hybridized carbons (Fsp3) is 0.900. The molecule has 0 aromatic rings. The lowest BCUT2D eigenvalue weighted by atomic mass is 9.97. The van der Waals surface area contributed by atoms with Crippen LogP contribution in [0.25, 0.3) is 0 Å². The van der Waals surface area contributed by atoms with Crippen LogP contribution < -0.4 is 10.6 Å². The highest BCUT2D eigenvalue weighted by Crippen LogP contribution is 2.18. The van der Waals surface area contributed by atoms with Crippen molar-refractivity contribution in [3.8, 4) is 0 Å². The van der Waals surface area contributed by atoms with E-state index < -0.39 is 5.97 Å². The largest absolute Gasteiger partial charge is 0.481 e. The number of carboxylic acid groups (broad SMARTS) is 1. The minimum absolute atomic E-state index is 0.134. The van der Waals surface area contributed by atoms with Gasteiger partial charge in [0.25, 0.3) is 0 Å². The number of carboxylic acids is 1. The standard InChI is InChI=1S/C10H19N3O2/c14-9(15)8-2-6-13(7-3-8)10-11-4-1-5-12-10/h8,10-12H,1-7H2,(H,14,15). The summed E-state index contributed by atoms with van der Waals surface area (Å²) < 4.78 is 0. The van der Waals surface area contributed by atoms with Crippen LogP contribution in [0.3, 0.4) is 0 Å². The van der Waals surface area contributed by atoms with E-state index in [1.807, 2.05) is 0 Å². The van der Waals surface area contributed by atoms with Crippen molar-refractivity contribution in [2.24, 2.45) is 5.92 Å². The van der Waals surface area contributed by atoms with E-state index in [1.165, 1.54) is 6.42 Å². The molecule has 0 aliphatic carbocycles. The molecule has 86 valence electrons. The van der Waals surface area contributed by atoms with Gasteiger partial charge in [-0.2, -0.15) is 0 Å². The van der Waals surface area contributed by atoms with Gasteiger partial charge in [-0.05, 0) is 32.4 Å². The lowest BCUT2D eigenvalue weighted by Crippen LogP contribution is -2.60. The minimum atomic E-state index is -0.640. The second kappa shape index (κ2) is 4.92. The third kappa shape index (κ3) is 2.68. The molecule has 0 atom stereocenters. The number of nitrogens with zero attached hydrogens (tertiary/aromatic N) is 1. The van der Waals surface area contributed by atoms with E-state index in [1.54, 1.807) is 0 Å². The van der Waals surface area contributed by atoms with Gasteiger partial charge in [0.15, 0.2) is 0 Å². The molecular weight excluding hydrogens is 194 g/mol. The summed E-state index contributed by atoms with van der Waals surface area (Å²) in [5.41, 5.74) is 0. The van der Waals surface area contributed by atoms with Crippen LogP contribution in [0, 0.1) is 5.92 Å². The van der Waals surface area contributed by atoms with E-state index in [-0.39, 0.29) is 12.2 Å². The summed E-state index contributed by atoms with van der Waals surface area (Å²) in [6.45, 7) is 3.86. The molecule has 3 N–H and O–H groups in total. The number of aliphatic carboxylic acids is 1. The highest BCUT2D eigenvalue weighted by molar-refractivity contribution is 5.70. The maximum Gasteiger partial charge on any atom is 0.306 e. The van der Waals surface area contributed by atoms with Gasteiger partial charge in [-0.3, -0.25) is 20.3 Å². The summed E-state index contributed by atoms with van der Waals surface area (Å²) in [6.07, 6.45) is 2.97. The predicted molar refractivity (Wildman–Crippen MR) is 56.3 cm³/mol. The lowest BCUT2D eigenvalue weighted by Gasteiger charge is -2.39. The second-order valence-electron chi connectivity index (χ2n) is 4.31. The van der Waals surface area contributed by atoms with Gasteiger partial charge in [-0.15, -0.1) is 0 Å². The van der Waals surface area contributed by atoms with Gasteiger partial charge in [0.2, 0.25) is 0 Å². The molecule has 5 nitrogen and oxygen atoms in total. The van der Waals surface area contributed by atoms with Crippen molar-refractivity contribution >= 4 is 5.97 Å². The van der Waals surface area contributed by atoms with Crippen molar-refractivity contribution < 1.29 is 9.90 Å². The molecule has 0 aromatic carbocycles. The zero-order valence-electron chi connectivity index (χ0n) is 8.91. The number of hydrogen-bond donors (Lipinski definition) is 3. The maximum absolute atomic E-state index is 10.8. The minimum Gasteiger partial charge on any atom is -0.481 e. The van der Waals surface area contributed by atoms with Crippen LogP contribution in [0.5, 0.6) is 0 Å². The van der Waals surface area contributed by atoms with Gasteiger partial charge < -0.3 is 5.11 Å². The first-order chi connectivity index (χ1) is 7.27. The molecule has 0 bridgehead atoms. The first-order valence-corrected chi connectivity index (χ1v) is 5.71. The van der Waals surface area contributed by atoms with Crippen LogP contribution in [-0.2, 0) is 4.79 Å². The fourth-order valence-corrected chi connectivity index (χ4v) is 2.30. The van der Waals surface area contributed by atoms with E-state index in [0.29, 0.717) is 0 Å². The monoisotopic (exact) mass is 213 g/mol. The average Bonchev–Trinajstić information content (AvgIpc) is 2.30. The molecule has 0 aromatic heterocycles. The second-order valence-corrected chi connectivity index (χ2v) is 4.31. The first kappa shape index (κ1) is 10.9. The smallest absolute Gasteiger partial charge is 0.306 e. The van der Waals surface area contributed by atoms with Crippen LogP contribution >= 0.6 is 0 Å². The predicted octanol–water partition coefficient (Wildman–Crippen LogP) is -0.350. The van der Waals surface area contributed by atoms with E-state index in [9.17, 15) is 4.79 Å². The van der Waals surface area contributed by atoms with Crippen molar-refractivity contribution in [3.63, 3.8) is 0 Å². The number of rotatable bonds is 2. The van der Waals surface area contributed by atoms with Gasteiger partial charge in [0.1, 0.15) is 6.29 Å². The summed E-state index contributed by atoms with van der Waals surface area (Å²) in [5.74, 6) is -0.774. The number of hydrogen-bond acceptors (Lipinski definition) is 4. The Labute approximate surface area is 89.8 Å². The fourth-order valence-electron chi connectivity index (χ4n) is 2.30. The quantitative estimate of drug-likeness (QED) is 0.585. The Morgan fingerprint density at radius 1 is 1.20 bits per heavy atom. The summed E-state index contributed by atoms with van der Waals surface area (Å²) in [4.78, 5) is 13.1. The molecule has 0 spiro atoms. The van der Waals surface area contributed by atoms with E-state index in [2.05, 4.69) is 15.5 Å². The third-order valence-electron chi connectivity index (χ3n) is 3.27. The average molecular weight is 213 g/mol. The Hall–Kier alpha value is -0.650. The van der Waals surface area contributed by atoms with E-state index in [0.717, 1.165) is 39.0 Å². The van der Waals surface area contributed by atoms with Crippen LogP contribution in [0.1, 0.15) is 19.3 Å². The molecule has 2 heterocycles. The zero-order chi connectivity index (χ0) is 10.7. The molecule has 0 radical (unpaired) electrons. The third-order valence-corrected chi connectivity index (χ3v) is 3.27. The normalized spacial score (nSPS) is 26.7. The Morgan fingerprint density at radius 3 is 2.33 bits per heavy atom. The Kier molecular flexibility index (Phi) is 3.56. The Morgan fingerprint density at radius 2 is 1.80 bits per heavy atom. The molecule has 2 saturated heterocycles. The van der Waals surface area contributed by atoms with Gasteiger partial charge >= 0.3 is 5.97 Å². The summed E-state index contributed by atoms with van der Waals surface area (Å²) in [6, 6.07) is 0. The number of piperidine rings is 1. The van der Waals surface area contributed by atoms with Crippen molar-refractivity contribution in [2.75, 3.05) is 26.2 Å². The van der Waals surface area contributed by atoms with Gasteiger partial charge in [0, 0.05) is 13.1 Å². The molecule has 0 amide bonds. The first-order valence-electron chi connectivity index (χ1n) is 5.71. The van der Waals surface area contributed by atoms with Crippen LogP contribution in [0.4, 0.5) is 0 Å². The molecule has 2 aliphatic rings. The zero-order valence-corrected chi connectivity index (χ0v) is 8.91. The van der Waals surface area contributed by atoms with Crippen LogP contribution in [0.2, 0.25) is 0 Å². The molecule has 5 heteroatoms. The van der Waals surface area contributed by atoms with Gasteiger partial charge in [0.05, 0.1) is 5.92 Å². The highest BCUT2D eigenvalue weighted by Gasteiger charge is 2.28. The highest BCUT2D eigenvalue weighted by atomic mass is 16.4.